The van der Waals surface area contributed by atoms with E-state index in [4.69, 9.17) is 16.3 Å². The monoisotopic (exact) mass is 376 g/mol. The van der Waals surface area contributed by atoms with E-state index in [-0.39, 0.29) is 23.8 Å². The molecule has 4 aliphatic carbocycles. The minimum Gasteiger partial charge on any atom is -0.484 e. The molecule has 0 aliphatic heterocycles. The van der Waals surface area contributed by atoms with Crippen LogP contribution in [0.15, 0.2) is 24.3 Å². The summed E-state index contributed by atoms with van der Waals surface area (Å²) in [5.41, 5.74) is 5.18. The molecular weight excluding hydrogens is 352 g/mol. The summed E-state index contributed by atoms with van der Waals surface area (Å²) in [5, 5.41) is 0.548. The Labute approximate surface area is 158 Å². The average Bonchev–Trinajstić information content (AvgIpc) is 2.56. The minimum absolute atomic E-state index is 0.0944. The molecule has 4 aliphatic rings. The number of ether oxygens (including phenoxy) is 1. The summed E-state index contributed by atoms with van der Waals surface area (Å²) < 4.78 is 5.37. The van der Waals surface area contributed by atoms with E-state index in [9.17, 15) is 9.59 Å². The smallest absolute Gasteiger partial charge is 0.276 e. The molecule has 26 heavy (non-hydrogen) atoms. The van der Waals surface area contributed by atoms with E-state index < -0.39 is 0 Å². The van der Waals surface area contributed by atoms with Crippen molar-refractivity contribution in [3.05, 3.63) is 29.3 Å². The molecule has 1 aromatic carbocycles. The van der Waals surface area contributed by atoms with Gasteiger partial charge in [-0.3, -0.25) is 20.4 Å². The fourth-order valence-electron chi connectivity index (χ4n) is 5.77. The first-order valence-electron chi connectivity index (χ1n) is 9.46. The van der Waals surface area contributed by atoms with E-state index in [2.05, 4.69) is 10.9 Å². The summed E-state index contributed by atoms with van der Waals surface area (Å²) >= 11 is 5.87. The zero-order chi connectivity index (χ0) is 18.1. The van der Waals surface area contributed by atoms with Gasteiger partial charge in [-0.2, -0.15) is 0 Å². The summed E-state index contributed by atoms with van der Waals surface area (Å²) in [6.45, 7) is -0.169. The van der Waals surface area contributed by atoms with Gasteiger partial charge in [-0.15, -0.1) is 0 Å². The Morgan fingerprint density at radius 1 is 1.04 bits per heavy atom. The molecule has 0 aromatic heterocycles. The molecule has 0 radical (unpaired) electrons. The van der Waals surface area contributed by atoms with Crippen molar-refractivity contribution in [2.45, 2.75) is 44.9 Å². The Bertz CT molecular complexity index is 671. The van der Waals surface area contributed by atoms with Gasteiger partial charge in [0.05, 0.1) is 0 Å². The summed E-state index contributed by atoms with van der Waals surface area (Å²) in [7, 11) is 0. The van der Waals surface area contributed by atoms with Crippen molar-refractivity contribution in [2.24, 2.45) is 23.2 Å². The SMILES string of the molecule is O=C(COc1cccc(Cl)c1)NNC(=O)CC12CC3CC(CC(C3)C1)C2. The number of hydrogen-bond acceptors (Lipinski definition) is 3. The number of hydrogen-bond donors (Lipinski definition) is 2. The number of benzene rings is 1. The number of carbonyl (C=O) groups excluding carboxylic acids is 2. The van der Waals surface area contributed by atoms with Crippen LogP contribution in [-0.2, 0) is 9.59 Å². The molecule has 4 fully saturated rings. The highest BCUT2D eigenvalue weighted by Gasteiger charge is 2.51. The third-order valence-corrected chi connectivity index (χ3v) is 6.44. The fourth-order valence-corrected chi connectivity index (χ4v) is 5.95. The number of hydrazine groups is 1. The normalized spacial score (nSPS) is 31.5. The second-order valence-corrected chi connectivity index (χ2v) is 8.87. The number of amides is 2. The van der Waals surface area contributed by atoms with Crippen LogP contribution in [0, 0.1) is 23.2 Å². The first-order chi connectivity index (χ1) is 12.5. The van der Waals surface area contributed by atoms with E-state index in [0.717, 1.165) is 17.8 Å². The maximum Gasteiger partial charge on any atom is 0.276 e. The number of halogens is 1. The van der Waals surface area contributed by atoms with Crippen molar-refractivity contribution in [3.63, 3.8) is 0 Å². The van der Waals surface area contributed by atoms with Crippen LogP contribution in [0.5, 0.6) is 5.75 Å². The predicted octanol–water partition coefficient (Wildman–Crippen LogP) is 3.47. The molecule has 4 bridgehead atoms. The Kier molecular flexibility index (Phi) is 4.82. The second-order valence-electron chi connectivity index (χ2n) is 8.44. The molecule has 4 saturated carbocycles. The molecule has 0 heterocycles. The number of nitrogens with one attached hydrogen (secondary N) is 2. The quantitative estimate of drug-likeness (QED) is 0.773. The Hall–Kier alpha value is -1.75. The molecule has 0 unspecified atom stereocenters. The number of carbonyl (C=O) groups is 2. The van der Waals surface area contributed by atoms with E-state index in [1.807, 2.05) is 0 Å². The van der Waals surface area contributed by atoms with Gasteiger partial charge >= 0.3 is 0 Å². The van der Waals surface area contributed by atoms with Crippen LogP contribution in [-0.4, -0.2) is 18.4 Å². The van der Waals surface area contributed by atoms with Crippen molar-refractivity contribution in [1.29, 1.82) is 0 Å². The van der Waals surface area contributed by atoms with Gasteiger partial charge in [-0.1, -0.05) is 17.7 Å². The van der Waals surface area contributed by atoms with Crippen LogP contribution in [0.25, 0.3) is 0 Å². The second kappa shape index (κ2) is 7.10. The lowest BCUT2D eigenvalue weighted by atomic mass is 9.49. The Morgan fingerprint density at radius 2 is 1.65 bits per heavy atom. The van der Waals surface area contributed by atoms with Crippen LogP contribution in [0.3, 0.4) is 0 Å². The molecule has 5 nitrogen and oxygen atoms in total. The zero-order valence-electron chi connectivity index (χ0n) is 14.8. The van der Waals surface area contributed by atoms with Gasteiger partial charge in [0.1, 0.15) is 5.75 Å². The highest BCUT2D eigenvalue weighted by Crippen LogP contribution is 2.61. The van der Waals surface area contributed by atoms with Gasteiger partial charge in [0, 0.05) is 11.4 Å². The van der Waals surface area contributed by atoms with Crippen LogP contribution in [0.1, 0.15) is 44.9 Å². The summed E-state index contributed by atoms with van der Waals surface area (Å²) in [5.74, 6) is 2.48. The first-order valence-corrected chi connectivity index (χ1v) is 9.83. The van der Waals surface area contributed by atoms with Gasteiger partial charge in [-0.05, 0) is 79.9 Å². The standard InChI is InChI=1S/C20H25ClN2O3/c21-16-2-1-3-17(7-16)26-12-19(25)23-22-18(24)11-20-8-13-4-14(9-20)6-15(5-13)10-20/h1-3,7,13-15H,4-6,8-12H2,(H,22,24)(H,23,25). The first kappa shape index (κ1) is 17.7. The molecule has 0 atom stereocenters. The lowest BCUT2D eigenvalue weighted by Crippen LogP contribution is -2.50. The zero-order valence-corrected chi connectivity index (χ0v) is 15.6. The van der Waals surface area contributed by atoms with Gasteiger partial charge < -0.3 is 4.74 Å². The summed E-state index contributed by atoms with van der Waals surface area (Å²) in [6.07, 6.45) is 8.13. The highest BCUT2D eigenvalue weighted by molar-refractivity contribution is 6.30. The molecule has 0 saturated heterocycles. The largest absolute Gasteiger partial charge is 0.484 e. The predicted molar refractivity (Wildman–Crippen MR) is 98.5 cm³/mol. The maximum atomic E-state index is 12.4. The van der Waals surface area contributed by atoms with Crippen LogP contribution in [0.4, 0.5) is 0 Å². The highest BCUT2D eigenvalue weighted by atomic mass is 35.5. The Balaban J connectivity index is 1.22. The van der Waals surface area contributed by atoms with Crippen LogP contribution in [0.2, 0.25) is 5.02 Å². The molecule has 1 aromatic rings. The van der Waals surface area contributed by atoms with Crippen molar-refractivity contribution in [1.82, 2.24) is 10.9 Å². The van der Waals surface area contributed by atoms with Crippen molar-refractivity contribution < 1.29 is 14.3 Å². The number of rotatable bonds is 5. The van der Waals surface area contributed by atoms with Gasteiger partial charge in [-0.25, -0.2) is 0 Å². The van der Waals surface area contributed by atoms with Crippen molar-refractivity contribution in [3.8, 4) is 5.75 Å². The lowest BCUT2D eigenvalue weighted by Gasteiger charge is -2.56. The third kappa shape index (κ3) is 3.98. The van der Waals surface area contributed by atoms with E-state index >= 15 is 0 Å². The average molecular weight is 377 g/mol. The molecular formula is C20H25ClN2O3. The van der Waals surface area contributed by atoms with Gasteiger partial charge in [0.2, 0.25) is 5.91 Å². The van der Waals surface area contributed by atoms with E-state index in [1.165, 1.54) is 38.5 Å². The molecule has 140 valence electrons. The minimum atomic E-state index is -0.385. The third-order valence-electron chi connectivity index (χ3n) is 6.21. The van der Waals surface area contributed by atoms with E-state index in [1.54, 1.807) is 24.3 Å². The van der Waals surface area contributed by atoms with Gasteiger partial charge in [0.25, 0.3) is 5.91 Å². The maximum absolute atomic E-state index is 12.4. The summed E-state index contributed by atoms with van der Waals surface area (Å²) in [6, 6.07) is 6.85. The molecule has 0 spiro atoms. The fraction of sp³-hybridized carbons (Fsp3) is 0.600. The van der Waals surface area contributed by atoms with Crippen molar-refractivity contribution >= 4 is 23.4 Å². The Morgan fingerprint density at radius 3 is 2.27 bits per heavy atom. The van der Waals surface area contributed by atoms with E-state index in [0.29, 0.717) is 17.2 Å². The topological polar surface area (TPSA) is 67.4 Å². The summed E-state index contributed by atoms with van der Waals surface area (Å²) in [4.78, 5) is 24.3. The lowest BCUT2D eigenvalue weighted by molar-refractivity contribution is -0.134. The molecule has 2 N–H and O–H groups in total. The molecule has 2 amide bonds. The van der Waals surface area contributed by atoms with Crippen molar-refractivity contribution in [2.75, 3.05) is 6.61 Å². The van der Waals surface area contributed by atoms with Crippen LogP contribution < -0.4 is 15.6 Å². The van der Waals surface area contributed by atoms with Crippen LogP contribution >= 0.6 is 11.6 Å². The molecule has 6 heteroatoms. The van der Waals surface area contributed by atoms with Gasteiger partial charge in [0.15, 0.2) is 6.61 Å². The molecule has 5 rings (SSSR count).